The molecule has 0 spiro atoms. The summed E-state index contributed by atoms with van der Waals surface area (Å²) >= 11 is 0. The molecule has 7 heteroatoms. The van der Waals surface area contributed by atoms with E-state index in [1.54, 1.807) is 6.20 Å². The van der Waals surface area contributed by atoms with Crippen molar-refractivity contribution in [3.05, 3.63) is 59.5 Å². The molecule has 0 radical (unpaired) electrons. The molecular weight excluding hydrogens is 366 g/mol. The van der Waals surface area contributed by atoms with Gasteiger partial charge in [-0.2, -0.15) is 5.10 Å². The van der Waals surface area contributed by atoms with E-state index < -0.39 is 0 Å². The minimum absolute atomic E-state index is 0.0457. The van der Waals surface area contributed by atoms with Gasteiger partial charge < -0.3 is 10.1 Å². The molecule has 3 aromatic rings. The van der Waals surface area contributed by atoms with Gasteiger partial charge in [0.15, 0.2) is 0 Å². The highest BCUT2D eigenvalue weighted by Crippen LogP contribution is 2.19. The van der Waals surface area contributed by atoms with Crippen molar-refractivity contribution in [3.63, 3.8) is 0 Å². The number of amides is 1. The van der Waals surface area contributed by atoms with E-state index in [0.717, 1.165) is 55.1 Å². The van der Waals surface area contributed by atoms with Crippen molar-refractivity contribution in [2.75, 3.05) is 32.8 Å². The van der Waals surface area contributed by atoms with Crippen LogP contribution in [0.15, 0.2) is 42.6 Å². The second-order valence-electron chi connectivity index (χ2n) is 7.60. The van der Waals surface area contributed by atoms with E-state index in [0.29, 0.717) is 12.1 Å². The maximum Gasteiger partial charge on any atom is 0.252 e. The SMILES string of the molecule is Cc1ccnn1Cc1cc(C(=O)N[C@@H](C)CN2CCOCC2)c2ccccc2n1. The topological polar surface area (TPSA) is 72.3 Å². The number of fused-ring (bicyclic) bond motifs is 1. The van der Waals surface area contributed by atoms with Gasteiger partial charge >= 0.3 is 0 Å². The first-order chi connectivity index (χ1) is 14.1. The Morgan fingerprint density at radius 1 is 1.24 bits per heavy atom. The molecule has 7 nitrogen and oxygen atoms in total. The Labute approximate surface area is 170 Å². The number of carbonyl (C=O) groups excluding carboxylic acids is 1. The lowest BCUT2D eigenvalue weighted by Crippen LogP contribution is -2.46. The number of aryl methyl sites for hydroxylation is 1. The van der Waals surface area contributed by atoms with Crippen molar-refractivity contribution in [1.82, 2.24) is 25.0 Å². The van der Waals surface area contributed by atoms with Crippen LogP contribution < -0.4 is 5.32 Å². The maximum absolute atomic E-state index is 13.1. The van der Waals surface area contributed by atoms with E-state index in [9.17, 15) is 4.79 Å². The van der Waals surface area contributed by atoms with Crippen molar-refractivity contribution in [2.24, 2.45) is 0 Å². The molecule has 1 fully saturated rings. The smallest absolute Gasteiger partial charge is 0.252 e. The molecule has 0 unspecified atom stereocenters. The lowest BCUT2D eigenvalue weighted by atomic mass is 10.1. The largest absolute Gasteiger partial charge is 0.379 e. The summed E-state index contributed by atoms with van der Waals surface area (Å²) in [5, 5.41) is 8.37. The van der Waals surface area contributed by atoms with Crippen molar-refractivity contribution in [1.29, 1.82) is 0 Å². The Hall–Kier alpha value is -2.77. The Balaban J connectivity index is 1.56. The number of hydrogen-bond donors (Lipinski definition) is 1. The van der Waals surface area contributed by atoms with E-state index in [4.69, 9.17) is 9.72 Å². The average Bonchev–Trinajstić information content (AvgIpc) is 3.12. The predicted octanol–water partition coefficient (Wildman–Crippen LogP) is 2.24. The summed E-state index contributed by atoms with van der Waals surface area (Å²) in [7, 11) is 0. The molecule has 0 saturated carbocycles. The van der Waals surface area contributed by atoms with Crippen LogP contribution in [-0.2, 0) is 11.3 Å². The highest BCUT2D eigenvalue weighted by molar-refractivity contribution is 6.06. The van der Waals surface area contributed by atoms with Crippen LogP contribution in [0.4, 0.5) is 0 Å². The van der Waals surface area contributed by atoms with Crippen molar-refractivity contribution >= 4 is 16.8 Å². The minimum Gasteiger partial charge on any atom is -0.379 e. The molecule has 152 valence electrons. The number of aromatic nitrogens is 3. The molecule has 3 heterocycles. The van der Waals surface area contributed by atoms with Crippen LogP contribution in [-0.4, -0.2) is 64.5 Å². The van der Waals surface area contributed by atoms with E-state index in [2.05, 4.69) is 15.3 Å². The normalized spacial score (nSPS) is 16.1. The van der Waals surface area contributed by atoms with Gasteiger partial charge in [-0.15, -0.1) is 0 Å². The molecule has 1 saturated heterocycles. The molecule has 4 rings (SSSR count). The fraction of sp³-hybridized carbons (Fsp3) is 0.409. The number of hydrogen-bond acceptors (Lipinski definition) is 5. The van der Waals surface area contributed by atoms with Gasteiger partial charge in [-0.1, -0.05) is 18.2 Å². The van der Waals surface area contributed by atoms with E-state index >= 15 is 0 Å². The molecule has 1 amide bonds. The van der Waals surface area contributed by atoms with E-state index in [-0.39, 0.29) is 11.9 Å². The summed E-state index contributed by atoms with van der Waals surface area (Å²) in [6.45, 7) is 8.74. The monoisotopic (exact) mass is 393 g/mol. The first-order valence-electron chi connectivity index (χ1n) is 10.1. The fourth-order valence-electron chi connectivity index (χ4n) is 3.74. The molecule has 1 N–H and O–H groups in total. The Kier molecular flexibility index (Phi) is 5.87. The Morgan fingerprint density at radius 3 is 2.79 bits per heavy atom. The predicted molar refractivity (Wildman–Crippen MR) is 112 cm³/mol. The highest BCUT2D eigenvalue weighted by Gasteiger charge is 2.18. The number of rotatable bonds is 6. The lowest BCUT2D eigenvalue weighted by Gasteiger charge is -2.29. The third-order valence-corrected chi connectivity index (χ3v) is 5.27. The van der Waals surface area contributed by atoms with Crippen LogP contribution >= 0.6 is 0 Å². The molecule has 1 aliphatic rings. The number of nitrogens with one attached hydrogen (secondary N) is 1. The van der Waals surface area contributed by atoms with Gasteiger partial charge in [0.25, 0.3) is 5.91 Å². The first-order valence-corrected chi connectivity index (χ1v) is 10.1. The molecular formula is C22H27N5O2. The summed E-state index contributed by atoms with van der Waals surface area (Å²) < 4.78 is 7.29. The third-order valence-electron chi connectivity index (χ3n) is 5.27. The number of benzene rings is 1. The molecule has 1 aromatic carbocycles. The van der Waals surface area contributed by atoms with Gasteiger partial charge in [-0.3, -0.25) is 19.4 Å². The Bertz CT molecular complexity index is 994. The molecule has 0 bridgehead atoms. The van der Waals surface area contributed by atoms with E-state index in [1.807, 2.05) is 54.9 Å². The van der Waals surface area contributed by atoms with Crippen molar-refractivity contribution in [3.8, 4) is 0 Å². The van der Waals surface area contributed by atoms with E-state index in [1.165, 1.54) is 0 Å². The van der Waals surface area contributed by atoms with Gasteiger partial charge in [-0.05, 0) is 32.0 Å². The van der Waals surface area contributed by atoms with Gasteiger partial charge in [0.2, 0.25) is 0 Å². The zero-order valence-electron chi connectivity index (χ0n) is 17.0. The summed E-state index contributed by atoms with van der Waals surface area (Å²) in [6, 6.07) is 11.7. The van der Waals surface area contributed by atoms with Crippen LogP contribution in [0.5, 0.6) is 0 Å². The van der Waals surface area contributed by atoms with Crippen LogP contribution in [0.1, 0.15) is 28.7 Å². The first kappa shape index (κ1) is 19.5. The van der Waals surface area contributed by atoms with Gasteiger partial charge in [0, 0.05) is 43.0 Å². The molecule has 1 aliphatic heterocycles. The molecule has 29 heavy (non-hydrogen) atoms. The second-order valence-corrected chi connectivity index (χ2v) is 7.60. The minimum atomic E-state index is -0.0669. The van der Waals surface area contributed by atoms with Gasteiger partial charge in [-0.25, -0.2) is 0 Å². The number of para-hydroxylation sites is 1. The average molecular weight is 393 g/mol. The molecule has 0 aliphatic carbocycles. The van der Waals surface area contributed by atoms with Crippen LogP contribution in [0.25, 0.3) is 10.9 Å². The maximum atomic E-state index is 13.1. The Morgan fingerprint density at radius 2 is 2.03 bits per heavy atom. The summed E-state index contributed by atoms with van der Waals surface area (Å²) in [5.41, 5.74) is 3.36. The van der Waals surface area contributed by atoms with Gasteiger partial charge in [0.1, 0.15) is 0 Å². The van der Waals surface area contributed by atoms with Crippen LogP contribution in [0, 0.1) is 6.92 Å². The number of carbonyl (C=O) groups is 1. The number of ether oxygens (including phenoxy) is 1. The quantitative estimate of drug-likeness (QED) is 0.695. The third kappa shape index (κ3) is 4.63. The summed E-state index contributed by atoms with van der Waals surface area (Å²) in [6.07, 6.45) is 1.78. The van der Waals surface area contributed by atoms with Gasteiger partial charge in [0.05, 0.1) is 36.5 Å². The summed E-state index contributed by atoms with van der Waals surface area (Å²) in [4.78, 5) is 20.2. The lowest BCUT2D eigenvalue weighted by molar-refractivity contribution is 0.0342. The standard InChI is InChI=1S/C22H27N5O2/c1-16(14-26-9-11-29-12-10-26)24-22(28)20-13-18(15-27-17(2)7-8-23-27)25-21-6-4-3-5-19(20)21/h3-8,13,16H,9-12,14-15H2,1-2H3,(H,24,28)/t16-/m0/s1. The second kappa shape index (κ2) is 8.71. The molecule has 2 aromatic heterocycles. The zero-order chi connectivity index (χ0) is 20.2. The number of nitrogens with zero attached hydrogens (tertiary/aromatic N) is 4. The highest BCUT2D eigenvalue weighted by atomic mass is 16.5. The zero-order valence-corrected chi connectivity index (χ0v) is 17.0. The fourth-order valence-corrected chi connectivity index (χ4v) is 3.74. The summed E-state index contributed by atoms with van der Waals surface area (Å²) in [5.74, 6) is -0.0669. The van der Waals surface area contributed by atoms with Crippen molar-refractivity contribution < 1.29 is 9.53 Å². The van der Waals surface area contributed by atoms with Crippen LogP contribution in [0.3, 0.4) is 0 Å². The van der Waals surface area contributed by atoms with Crippen molar-refractivity contribution in [2.45, 2.75) is 26.4 Å². The van der Waals surface area contributed by atoms with Crippen LogP contribution in [0.2, 0.25) is 0 Å². The number of morpholine rings is 1. The number of pyridine rings is 1. The molecule has 1 atom stereocenters.